The largest absolute Gasteiger partial charge is 0.497 e. The van der Waals surface area contributed by atoms with Crippen LogP contribution in [0.1, 0.15) is 28.2 Å². The van der Waals surface area contributed by atoms with Gasteiger partial charge in [0.1, 0.15) is 24.0 Å². The average Bonchev–Trinajstić information content (AvgIpc) is 3.19. The van der Waals surface area contributed by atoms with Crippen molar-refractivity contribution in [2.45, 2.75) is 31.4 Å². The predicted molar refractivity (Wildman–Crippen MR) is 163 cm³/mol. The van der Waals surface area contributed by atoms with E-state index in [2.05, 4.69) is 10.6 Å². The first-order chi connectivity index (χ1) is 20.9. The third-order valence-corrected chi connectivity index (χ3v) is 7.68. The number of benzene rings is 4. The number of rotatable bonds is 10. The molecule has 1 heterocycles. The summed E-state index contributed by atoms with van der Waals surface area (Å²) >= 11 is 0. The zero-order chi connectivity index (χ0) is 30.2. The van der Waals surface area contributed by atoms with E-state index in [0.717, 1.165) is 22.3 Å². The van der Waals surface area contributed by atoms with Crippen LogP contribution in [0.5, 0.6) is 11.5 Å². The minimum Gasteiger partial charge on any atom is -0.497 e. The maximum absolute atomic E-state index is 14.5. The van der Waals surface area contributed by atoms with E-state index >= 15 is 0 Å². The highest BCUT2D eigenvalue weighted by atomic mass is 16.5. The molecule has 220 valence electrons. The second-order valence-electron chi connectivity index (χ2n) is 10.4. The first-order valence-electron chi connectivity index (χ1n) is 14.1. The number of amides is 2. The van der Waals surface area contributed by atoms with Crippen LogP contribution < -0.4 is 20.1 Å². The third-order valence-electron chi connectivity index (χ3n) is 7.68. The molecule has 4 aromatic rings. The molecule has 2 amide bonds. The average molecular weight is 579 g/mol. The van der Waals surface area contributed by atoms with Crippen molar-refractivity contribution in [3.05, 3.63) is 125 Å². The number of anilines is 1. The summed E-state index contributed by atoms with van der Waals surface area (Å²) in [6.07, 6.45) is -0.147. The molecule has 8 nitrogen and oxygen atoms in total. The fourth-order valence-corrected chi connectivity index (χ4v) is 5.42. The van der Waals surface area contributed by atoms with E-state index in [1.54, 1.807) is 26.4 Å². The van der Waals surface area contributed by atoms with Crippen molar-refractivity contribution >= 4 is 23.5 Å². The minimum atomic E-state index is -1.10. The molecule has 43 heavy (non-hydrogen) atoms. The van der Waals surface area contributed by atoms with Crippen molar-refractivity contribution in [3.8, 4) is 11.5 Å². The second kappa shape index (κ2) is 13.7. The van der Waals surface area contributed by atoms with Gasteiger partial charge in [0.05, 0.1) is 20.3 Å². The molecule has 1 unspecified atom stereocenters. The molecule has 0 bridgehead atoms. The molecular formula is C35H34N2O6. The molecule has 0 spiro atoms. The number of carbonyl (C=O) groups is 3. The summed E-state index contributed by atoms with van der Waals surface area (Å²) in [6.45, 7) is 0.0501. The standard InChI is InChI=1S/C35H34N2O6/c1-41-27-15-13-25(14-16-27)29-21-26-20-28(42-2)17-18-30(26)36-34(39)32(29)33(38)31(19-23-9-5-3-6-10-23)37-35(40)43-22-24-11-7-4-8-12-24/h3-18,20,29,31-32H,19,21-22H2,1-2H3,(H,36,39)(H,37,40)/t29-,31?,32-/m1/s1. The van der Waals surface area contributed by atoms with Gasteiger partial charge in [0.2, 0.25) is 5.91 Å². The molecule has 0 aromatic heterocycles. The van der Waals surface area contributed by atoms with Crippen LogP contribution in [-0.2, 0) is 33.8 Å². The lowest BCUT2D eigenvalue weighted by Crippen LogP contribution is -2.49. The number of alkyl carbamates (subject to hydrolysis) is 1. The van der Waals surface area contributed by atoms with Crippen molar-refractivity contribution < 1.29 is 28.6 Å². The third kappa shape index (κ3) is 7.22. The predicted octanol–water partition coefficient (Wildman–Crippen LogP) is 5.71. The first kappa shape index (κ1) is 29.4. The molecule has 0 radical (unpaired) electrons. The van der Waals surface area contributed by atoms with Crippen molar-refractivity contribution in [1.82, 2.24) is 5.32 Å². The van der Waals surface area contributed by atoms with E-state index in [1.165, 1.54) is 0 Å². The van der Waals surface area contributed by atoms with Gasteiger partial charge in [-0.05, 0) is 65.4 Å². The van der Waals surface area contributed by atoms with Gasteiger partial charge >= 0.3 is 6.09 Å². The summed E-state index contributed by atoms with van der Waals surface area (Å²) in [6, 6.07) is 30.5. The number of hydrogen-bond acceptors (Lipinski definition) is 6. The number of carbonyl (C=O) groups excluding carboxylic acids is 3. The van der Waals surface area contributed by atoms with Crippen molar-refractivity contribution in [2.24, 2.45) is 5.92 Å². The highest BCUT2D eigenvalue weighted by Gasteiger charge is 2.42. The Hall–Kier alpha value is -5.11. The number of hydrogen-bond donors (Lipinski definition) is 2. The van der Waals surface area contributed by atoms with Gasteiger partial charge in [-0.25, -0.2) is 4.79 Å². The first-order valence-corrected chi connectivity index (χ1v) is 14.1. The highest BCUT2D eigenvalue weighted by molar-refractivity contribution is 6.11. The molecule has 0 aliphatic carbocycles. The Morgan fingerprint density at radius 2 is 1.47 bits per heavy atom. The summed E-state index contributed by atoms with van der Waals surface area (Å²) in [7, 11) is 3.17. The second-order valence-corrected chi connectivity index (χ2v) is 10.4. The van der Waals surface area contributed by atoms with E-state index in [0.29, 0.717) is 23.6 Å². The van der Waals surface area contributed by atoms with Gasteiger partial charge in [0, 0.05) is 11.6 Å². The summed E-state index contributed by atoms with van der Waals surface area (Å²) in [5.74, 6) is -1.15. The molecular weight excluding hydrogens is 544 g/mol. The zero-order valence-electron chi connectivity index (χ0n) is 24.1. The molecule has 0 fully saturated rings. The van der Waals surface area contributed by atoms with E-state index in [4.69, 9.17) is 14.2 Å². The molecule has 4 aromatic carbocycles. The monoisotopic (exact) mass is 578 g/mol. The van der Waals surface area contributed by atoms with Crippen molar-refractivity contribution in [2.75, 3.05) is 19.5 Å². The van der Waals surface area contributed by atoms with E-state index in [9.17, 15) is 14.4 Å². The topological polar surface area (TPSA) is 103 Å². The lowest BCUT2D eigenvalue weighted by atomic mass is 9.77. The summed E-state index contributed by atoms with van der Waals surface area (Å²) in [5, 5.41) is 5.73. The summed E-state index contributed by atoms with van der Waals surface area (Å²) in [5.41, 5.74) is 3.93. The Morgan fingerprint density at radius 1 is 0.837 bits per heavy atom. The molecule has 8 heteroatoms. The van der Waals surface area contributed by atoms with Gasteiger partial charge in [-0.15, -0.1) is 0 Å². The van der Waals surface area contributed by atoms with Crippen molar-refractivity contribution in [1.29, 1.82) is 0 Å². The van der Waals surface area contributed by atoms with Crippen molar-refractivity contribution in [3.63, 3.8) is 0 Å². The van der Waals surface area contributed by atoms with Crippen LogP contribution in [0.3, 0.4) is 0 Å². The van der Waals surface area contributed by atoms with Crippen LogP contribution in [0.4, 0.5) is 10.5 Å². The Labute approximate surface area is 251 Å². The van der Waals surface area contributed by atoms with Crippen LogP contribution in [0, 0.1) is 5.92 Å². The van der Waals surface area contributed by atoms with Crippen LogP contribution >= 0.6 is 0 Å². The molecule has 2 N–H and O–H groups in total. The molecule has 5 rings (SSSR count). The quantitative estimate of drug-likeness (QED) is 0.234. The number of fused-ring (bicyclic) bond motifs is 1. The Balaban J connectivity index is 1.48. The summed E-state index contributed by atoms with van der Waals surface area (Å²) < 4.78 is 16.2. The number of methoxy groups -OCH3 is 2. The number of nitrogens with one attached hydrogen (secondary N) is 2. The fourth-order valence-electron chi connectivity index (χ4n) is 5.42. The molecule has 0 saturated heterocycles. The molecule has 3 atom stereocenters. The maximum atomic E-state index is 14.5. The van der Waals surface area contributed by atoms with Gasteiger partial charge in [0.25, 0.3) is 0 Å². The van der Waals surface area contributed by atoms with Crippen LogP contribution in [0.15, 0.2) is 103 Å². The molecule has 0 saturated carbocycles. The summed E-state index contributed by atoms with van der Waals surface area (Å²) in [4.78, 5) is 41.4. The van der Waals surface area contributed by atoms with Gasteiger partial charge in [-0.1, -0.05) is 72.8 Å². The smallest absolute Gasteiger partial charge is 0.408 e. The lowest BCUT2D eigenvalue weighted by molar-refractivity contribution is -0.133. The lowest BCUT2D eigenvalue weighted by Gasteiger charge is -2.27. The normalized spacial score (nSPS) is 16.6. The van der Waals surface area contributed by atoms with E-state index in [-0.39, 0.29) is 13.0 Å². The maximum Gasteiger partial charge on any atom is 0.408 e. The Bertz CT molecular complexity index is 1560. The van der Waals surface area contributed by atoms with E-state index < -0.39 is 35.7 Å². The minimum absolute atomic E-state index is 0.0501. The van der Waals surface area contributed by atoms with Gasteiger partial charge < -0.3 is 24.8 Å². The van der Waals surface area contributed by atoms with Crippen LogP contribution in [0.25, 0.3) is 0 Å². The van der Waals surface area contributed by atoms with Crippen LogP contribution in [-0.4, -0.2) is 38.0 Å². The number of ketones is 1. The molecule has 1 aliphatic heterocycles. The van der Waals surface area contributed by atoms with Crippen LogP contribution in [0.2, 0.25) is 0 Å². The molecule has 1 aliphatic rings. The fraction of sp³-hybridized carbons (Fsp3) is 0.229. The van der Waals surface area contributed by atoms with Gasteiger partial charge in [-0.3, -0.25) is 9.59 Å². The Kier molecular flexibility index (Phi) is 9.36. The highest BCUT2D eigenvalue weighted by Crippen LogP contribution is 2.38. The van der Waals surface area contributed by atoms with Gasteiger partial charge in [0.15, 0.2) is 5.78 Å². The number of ether oxygens (including phenoxy) is 3. The van der Waals surface area contributed by atoms with E-state index in [1.807, 2.05) is 91.0 Å². The SMILES string of the molecule is COc1ccc([C@H]2Cc3cc(OC)ccc3NC(=O)[C@H]2C(=O)C(Cc2ccccc2)NC(=O)OCc2ccccc2)cc1. The van der Waals surface area contributed by atoms with Gasteiger partial charge in [-0.2, -0.15) is 0 Å². The Morgan fingerprint density at radius 3 is 2.12 bits per heavy atom. The number of Topliss-reactive ketones (excluding diaryl/α,β-unsaturated/α-hetero) is 1. The zero-order valence-corrected chi connectivity index (χ0v) is 24.1.